The molecule has 0 bridgehead atoms. The lowest BCUT2D eigenvalue weighted by Gasteiger charge is -2.40. The number of benzene rings is 2. The first-order valence-corrected chi connectivity index (χ1v) is 10.9. The summed E-state index contributed by atoms with van der Waals surface area (Å²) in [6, 6.07) is 12.2. The van der Waals surface area contributed by atoms with E-state index in [0.717, 1.165) is 15.4 Å². The third-order valence-electron chi connectivity index (χ3n) is 5.12. The Labute approximate surface area is 171 Å². The first-order chi connectivity index (χ1) is 13.7. The van der Waals surface area contributed by atoms with E-state index in [-0.39, 0.29) is 17.5 Å². The maximum absolute atomic E-state index is 13.1. The van der Waals surface area contributed by atoms with Crippen molar-refractivity contribution < 1.29 is 23.1 Å². The predicted octanol–water partition coefficient (Wildman–Crippen LogP) is 2.40. The topological polar surface area (TPSA) is 95.9 Å². The molecule has 0 amide bonds. The minimum atomic E-state index is -3.96. The molecule has 0 radical (unpaired) electrons. The van der Waals surface area contributed by atoms with Crippen molar-refractivity contribution in [3.05, 3.63) is 59.7 Å². The number of hydrogen-bond acceptors (Lipinski definition) is 5. The molecule has 2 N–H and O–H groups in total. The van der Waals surface area contributed by atoms with Gasteiger partial charge in [-0.05, 0) is 56.2 Å². The summed E-state index contributed by atoms with van der Waals surface area (Å²) in [7, 11) is -3.96. The number of aliphatic carboxylic acids is 1. The number of nitrogens with one attached hydrogen (secondary N) is 1. The number of aryl methyl sites for hydroxylation is 1. The Bertz CT molecular complexity index is 975. The fourth-order valence-electron chi connectivity index (χ4n) is 3.59. The normalized spacial score (nSPS) is 22.9. The average molecular weight is 419 g/mol. The van der Waals surface area contributed by atoms with Crippen LogP contribution in [-0.4, -0.2) is 48.5 Å². The summed E-state index contributed by atoms with van der Waals surface area (Å²) >= 11 is 0. The molecule has 1 aliphatic heterocycles. The van der Waals surface area contributed by atoms with Gasteiger partial charge in [0.25, 0.3) is 0 Å². The van der Waals surface area contributed by atoms with Crippen molar-refractivity contribution in [3.63, 3.8) is 0 Å². The number of sulfonamides is 1. The van der Waals surface area contributed by atoms with E-state index < -0.39 is 28.1 Å². The van der Waals surface area contributed by atoms with Crippen LogP contribution in [-0.2, 0) is 21.4 Å². The highest BCUT2D eigenvalue weighted by Crippen LogP contribution is 2.25. The van der Waals surface area contributed by atoms with Gasteiger partial charge >= 0.3 is 5.97 Å². The number of hydrogen-bond donors (Lipinski definition) is 2. The second-order valence-electron chi connectivity index (χ2n) is 7.40. The average Bonchev–Trinajstić information content (AvgIpc) is 2.66. The van der Waals surface area contributed by atoms with E-state index in [0.29, 0.717) is 12.4 Å². The lowest BCUT2D eigenvalue weighted by molar-refractivity contribution is -0.143. The van der Waals surface area contributed by atoms with Gasteiger partial charge in [0.15, 0.2) is 0 Å². The fourth-order valence-corrected chi connectivity index (χ4v) is 5.33. The maximum atomic E-state index is 13.1. The predicted molar refractivity (Wildman–Crippen MR) is 109 cm³/mol. The first-order valence-electron chi connectivity index (χ1n) is 9.48. The van der Waals surface area contributed by atoms with Crippen LogP contribution in [0.15, 0.2) is 53.4 Å². The van der Waals surface area contributed by atoms with Crippen molar-refractivity contribution in [2.24, 2.45) is 0 Å². The maximum Gasteiger partial charge on any atom is 0.323 e. The monoisotopic (exact) mass is 418 g/mol. The Morgan fingerprint density at radius 2 is 1.83 bits per heavy atom. The summed E-state index contributed by atoms with van der Waals surface area (Å²) in [5.74, 6) is -0.623. The van der Waals surface area contributed by atoms with Gasteiger partial charge in [-0.2, -0.15) is 4.31 Å². The Kier molecular flexibility index (Phi) is 6.26. The number of carbonyl (C=O) groups is 1. The molecule has 2 aromatic carbocycles. The van der Waals surface area contributed by atoms with Crippen LogP contribution in [0.2, 0.25) is 0 Å². The van der Waals surface area contributed by atoms with Crippen LogP contribution in [0.3, 0.4) is 0 Å². The van der Waals surface area contributed by atoms with Crippen LogP contribution in [0.5, 0.6) is 5.75 Å². The summed E-state index contributed by atoms with van der Waals surface area (Å²) in [6.45, 7) is 5.99. The van der Waals surface area contributed by atoms with E-state index in [1.54, 1.807) is 19.1 Å². The van der Waals surface area contributed by atoms with Gasteiger partial charge in [0.1, 0.15) is 18.4 Å². The van der Waals surface area contributed by atoms with E-state index >= 15 is 0 Å². The zero-order chi connectivity index (χ0) is 21.2. The molecule has 0 aromatic heterocycles. The molecule has 29 heavy (non-hydrogen) atoms. The molecule has 156 valence electrons. The SMILES string of the molecule is Cc1ccccc1COc1ccc(S(=O)(=O)N2CC(C)NC(C)C2C(=O)O)cc1. The van der Waals surface area contributed by atoms with Gasteiger partial charge in [0, 0.05) is 18.6 Å². The highest BCUT2D eigenvalue weighted by Gasteiger charge is 2.43. The lowest BCUT2D eigenvalue weighted by Crippen LogP contribution is -2.64. The van der Waals surface area contributed by atoms with E-state index in [2.05, 4.69) is 5.32 Å². The van der Waals surface area contributed by atoms with Crippen LogP contribution >= 0.6 is 0 Å². The van der Waals surface area contributed by atoms with Gasteiger partial charge in [-0.3, -0.25) is 4.79 Å². The second-order valence-corrected chi connectivity index (χ2v) is 9.29. The molecule has 3 rings (SSSR count). The van der Waals surface area contributed by atoms with Gasteiger partial charge in [-0.15, -0.1) is 0 Å². The number of carboxylic acid groups (broad SMARTS) is 1. The number of carboxylic acids is 1. The molecule has 7 nitrogen and oxygen atoms in total. The highest BCUT2D eigenvalue weighted by molar-refractivity contribution is 7.89. The first kappa shape index (κ1) is 21.3. The zero-order valence-electron chi connectivity index (χ0n) is 16.7. The van der Waals surface area contributed by atoms with Crippen LogP contribution in [0, 0.1) is 6.92 Å². The standard InChI is InChI=1S/C21H26N2O5S/c1-14-6-4-5-7-17(14)13-28-18-8-10-19(11-9-18)29(26,27)23-12-15(2)22-16(3)20(23)21(24)25/h4-11,15-16,20,22H,12-13H2,1-3H3,(H,24,25). The largest absolute Gasteiger partial charge is 0.489 e. The van der Waals surface area contributed by atoms with E-state index in [4.69, 9.17) is 4.74 Å². The minimum absolute atomic E-state index is 0.0493. The number of nitrogens with zero attached hydrogens (tertiary/aromatic N) is 1. The number of piperazine rings is 1. The Hall–Kier alpha value is -2.42. The third-order valence-corrected chi connectivity index (χ3v) is 6.99. The number of ether oxygens (including phenoxy) is 1. The van der Waals surface area contributed by atoms with E-state index in [9.17, 15) is 18.3 Å². The summed E-state index contributed by atoms with van der Waals surface area (Å²) in [6.07, 6.45) is 0. The Balaban J connectivity index is 1.78. The molecule has 3 unspecified atom stereocenters. The van der Waals surface area contributed by atoms with Crippen LogP contribution < -0.4 is 10.1 Å². The molecule has 1 saturated heterocycles. The van der Waals surface area contributed by atoms with Gasteiger partial charge in [0.2, 0.25) is 10.0 Å². The zero-order valence-corrected chi connectivity index (χ0v) is 17.5. The Morgan fingerprint density at radius 3 is 2.45 bits per heavy atom. The molecular formula is C21H26N2O5S. The minimum Gasteiger partial charge on any atom is -0.489 e. The summed E-state index contributed by atoms with van der Waals surface area (Å²) in [5.41, 5.74) is 2.17. The van der Waals surface area contributed by atoms with Crippen LogP contribution in [0.25, 0.3) is 0 Å². The van der Waals surface area contributed by atoms with Gasteiger partial charge < -0.3 is 15.2 Å². The van der Waals surface area contributed by atoms with Crippen LogP contribution in [0.4, 0.5) is 0 Å². The molecule has 2 aromatic rings. The number of rotatable bonds is 6. The Morgan fingerprint density at radius 1 is 1.17 bits per heavy atom. The fraction of sp³-hybridized carbons (Fsp3) is 0.381. The van der Waals surface area contributed by atoms with Crippen molar-refractivity contribution in [1.29, 1.82) is 0 Å². The molecular weight excluding hydrogens is 392 g/mol. The third kappa shape index (κ3) is 4.60. The summed E-state index contributed by atoms with van der Waals surface area (Å²) in [4.78, 5) is 11.7. The molecule has 1 heterocycles. The smallest absolute Gasteiger partial charge is 0.323 e. The van der Waals surface area contributed by atoms with Crippen molar-refractivity contribution >= 4 is 16.0 Å². The van der Waals surface area contributed by atoms with Gasteiger partial charge in [0.05, 0.1) is 4.90 Å². The molecule has 0 saturated carbocycles. The quantitative estimate of drug-likeness (QED) is 0.748. The van der Waals surface area contributed by atoms with Crippen LogP contribution in [0.1, 0.15) is 25.0 Å². The molecule has 3 atom stereocenters. The molecule has 1 aliphatic rings. The summed E-state index contributed by atoms with van der Waals surface area (Å²) in [5, 5.41) is 12.7. The highest BCUT2D eigenvalue weighted by atomic mass is 32.2. The molecule has 1 fully saturated rings. The van der Waals surface area contributed by atoms with Crippen molar-refractivity contribution in [2.45, 2.75) is 50.4 Å². The molecule has 8 heteroatoms. The molecule has 0 aliphatic carbocycles. The van der Waals surface area contributed by atoms with E-state index in [1.807, 2.05) is 38.1 Å². The summed E-state index contributed by atoms with van der Waals surface area (Å²) < 4.78 is 33.1. The van der Waals surface area contributed by atoms with E-state index in [1.165, 1.54) is 12.1 Å². The lowest BCUT2D eigenvalue weighted by atomic mass is 10.1. The van der Waals surface area contributed by atoms with Crippen molar-refractivity contribution in [2.75, 3.05) is 6.54 Å². The second kappa shape index (κ2) is 8.52. The molecule has 0 spiro atoms. The van der Waals surface area contributed by atoms with Gasteiger partial charge in [-0.25, -0.2) is 8.42 Å². The van der Waals surface area contributed by atoms with Gasteiger partial charge in [-0.1, -0.05) is 24.3 Å². The van der Waals surface area contributed by atoms with Crippen molar-refractivity contribution in [1.82, 2.24) is 9.62 Å². The van der Waals surface area contributed by atoms with Crippen molar-refractivity contribution in [3.8, 4) is 5.75 Å².